The monoisotopic (exact) mass is 409 g/mol. The summed E-state index contributed by atoms with van der Waals surface area (Å²) in [6.45, 7) is 3.73. The molecule has 0 aliphatic heterocycles. The molecule has 158 valence electrons. The zero-order valence-electron chi connectivity index (χ0n) is 17.4. The van der Waals surface area contributed by atoms with Crippen molar-refractivity contribution in [3.8, 4) is 11.5 Å². The van der Waals surface area contributed by atoms with Crippen LogP contribution >= 0.6 is 0 Å². The van der Waals surface area contributed by atoms with E-state index in [-0.39, 0.29) is 12.4 Å². The molecule has 0 spiro atoms. The Kier molecular flexibility index (Phi) is 7.82. The number of hydrogen-bond acceptors (Lipinski definition) is 4. The molecule has 0 fully saturated rings. The van der Waals surface area contributed by atoms with Crippen LogP contribution in [0.25, 0.3) is 0 Å². The highest BCUT2D eigenvalue weighted by Gasteiger charge is 2.16. The van der Waals surface area contributed by atoms with E-state index in [2.05, 4.69) is 4.90 Å². The summed E-state index contributed by atoms with van der Waals surface area (Å²) in [4.78, 5) is 2.11. The van der Waals surface area contributed by atoms with Crippen LogP contribution in [0.5, 0.6) is 11.5 Å². The molecule has 3 aromatic carbocycles. The van der Waals surface area contributed by atoms with Crippen LogP contribution in [0.2, 0.25) is 0 Å². The maximum atomic E-state index is 13.3. The number of ether oxygens (including phenoxy) is 2. The number of aryl methyl sites for hydroxylation is 1. The molecule has 5 heteroatoms. The summed E-state index contributed by atoms with van der Waals surface area (Å²) in [6, 6.07) is 22.0. The summed E-state index contributed by atoms with van der Waals surface area (Å²) >= 11 is 0. The Bertz CT molecular complexity index is 930. The van der Waals surface area contributed by atoms with Gasteiger partial charge in [-0.25, -0.2) is 4.39 Å². The van der Waals surface area contributed by atoms with E-state index in [4.69, 9.17) is 9.47 Å². The number of nitrogens with zero attached hydrogens (tertiary/aromatic N) is 1. The molecule has 0 aliphatic carbocycles. The van der Waals surface area contributed by atoms with Crippen LogP contribution in [-0.4, -0.2) is 36.4 Å². The molecule has 3 aromatic rings. The smallest absolute Gasteiger partial charge is 0.123 e. The number of benzene rings is 3. The highest BCUT2D eigenvalue weighted by atomic mass is 19.1. The fourth-order valence-electron chi connectivity index (χ4n) is 3.36. The van der Waals surface area contributed by atoms with E-state index in [0.717, 1.165) is 28.2 Å². The Morgan fingerprint density at radius 3 is 2.27 bits per heavy atom. The van der Waals surface area contributed by atoms with Gasteiger partial charge in [-0.3, -0.25) is 4.90 Å². The van der Waals surface area contributed by atoms with Gasteiger partial charge in [0.2, 0.25) is 0 Å². The van der Waals surface area contributed by atoms with Gasteiger partial charge in [0.05, 0.1) is 7.11 Å². The Morgan fingerprint density at radius 2 is 1.57 bits per heavy atom. The normalized spacial score (nSPS) is 12.0. The zero-order chi connectivity index (χ0) is 21.3. The van der Waals surface area contributed by atoms with Crippen molar-refractivity contribution in [2.45, 2.75) is 26.1 Å². The number of aliphatic hydroxyl groups excluding tert-OH is 1. The van der Waals surface area contributed by atoms with Crippen molar-refractivity contribution in [3.63, 3.8) is 0 Å². The molecule has 4 nitrogen and oxygen atoms in total. The van der Waals surface area contributed by atoms with Gasteiger partial charge in [0.25, 0.3) is 0 Å². The molecule has 0 amide bonds. The van der Waals surface area contributed by atoms with Crippen LogP contribution in [0.3, 0.4) is 0 Å². The first-order chi connectivity index (χ1) is 14.5. The molecular weight excluding hydrogens is 381 g/mol. The summed E-state index contributed by atoms with van der Waals surface area (Å²) in [7, 11) is 1.65. The molecule has 30 heavy (non-hydrogen) atoms. The maximum absolute atomic E-state index is 13.3. The van der Waals surface area contributed by atoms with Crippen LogP contribution in [0.15, 0.2) is 72.8 Å². The number of para-hydroxylation sites is 2. The van der Waals surface area contributed by atoms with Crippen molar-refractivity contribution in [3.05, 3.63) is 95.3 Å². The van der Waals surface area contributed by atoms with Crippen LogP contribution in [-0.2, 0) is 13.1 Å². The summed E-state index contributed by atoms with van der Waals surface area (Å²) in [5, 5.41) is 10.6. The minimum Gasteiger partial charge on any atom is -0.496 e. The Morgan fingerprint density at radius 1 is 0.900 bits per heavy atom. The van der Waals surface area contributed by atoms with E-state index in [0.29, 0.717) is 19.6 Å². The maximum Gasteiger partial charge on any atom is 0.123 e. The molecule has 0 aliphatic rings. The van der Waals surface area contributed by atoms with Gasteiger partial charge in [0.1, 0.15) is 30.0 Å². The molecule has 0 saturated heterocycles. The summed E-state index contributed by atoms with van der Waals surface area (Å²) in [5.74, 6) is 1.31. The van der Waals surface area contributed by atoms with Gasteiger partial charge in [-0.05, 0) is 42.3 Å². The summed E-state index contributed by atoms with van der Waals surface area (Å²) in [6.07, 6.45) is -0.681. The minimum atomic E-state index is -0.681. The molecule has 0 unspecified atom stereocenters. The predicted octanol–water partition coefficient (Wildman–Crippen LogP) is 4.58. The van der Waals surface area contributed by atoms with E-state index in [9.17, 15) is 9.50 Å². The van der Waals surface area contributed by atoms with Crippen LogP contribution < -0.4 is 9.47 Å². The second-order valence-corrected chi connectivity index (χ2v) is 7.34. The van der Waals surface area contributed by atoms with Crippen LogP contribution in [0.4, 0.5) is 4.39 Å². The first-order valence-corrected chi connectivity index (χ1v) is 10.0. The summed E-state index contributed by atoms with van der Waals surface area (Å²) < 4.78 is 24.6. The van der Waals surface area contributed by atoms with Crippen molar-refractivity contribution in [1.82, 2.24) is 4.90 Å². The quantitative estimate of drug-likeness (QED) is 0.532. The van der Waals surface area contributed by atoms with Gasteiger partial charge >= 0.3 is 0 Å². The second-order valence-electron chi connectivity index (χ2n) is 7.34. The molecule has 0 saturated carbocycles. The fourth-order valence-corrected chi connectivity index (χ4v) is 3.36. The van der Waals surface area contributed by atoms with Crippen molar-refractivity contribution >= 4 is 0 Å². The standard InChI is InChI=1S/C25H28FNO3/c1-19-7-3-5-9-24(19)30-18-23(28)17-27(15-20-11-13-22(26)14-12-20)16-21-8-4-6-10-25(21)29-2/h3-14,23,28H,15-18H2,1-2H3/t23-/m1/s1. The number of hydrogen-bond donors (Lipinski definition) is 1. The third-order valence-corrected chi connectivity index (χ3v) is 4.90. The Labute approximate surface area is 177 Å². The first kappa shape index (κ1) is 21.8. The van der Waals surface area contributed by atoms with Crippen molar-refractivity contribution in [1.29, 1.82) is 0 Å². The third kappa shape index (κ3) is 6.31. The lowest BCUT2D eigenvalue weighted by atomic mass is 10.1. The molecular formula is C25H28FNO3. The first-order valence-electron chi connectivity index (χ1n) is 10.0. The zero-order valence-corrected chi connectivity index (χ0v) is 17.4. The predicted molar refractivity (Wildman–Crippen MR) is 116 cm³/mol. The van der Waals surface area contributed by atoms with E-state index in [1.165, 1.54) is 12.1 Å². The summed E-state index contributed by atoms with van der Waals surface area (Å²) in [5.41, 5.74) is 3.02. The molecule has 0 radical (unpaired) electrons. The third-order valence-electron chi connectivity index (χ3n) is 4.90. The van der Waals surface area contributed by atoms with Gasteiger partial charge in [-0.1, -0.05) is 48.5 Å². The number of rotatable bonds is 10. The van der Waals surface area contributed by atoms with E-state index in [1.54, 1.807) is 19.2 Å². The van der Waals surface area contributed by atoms with Crippen LogP contribution in [0, 0.1) is 12.7 Å². The average molecular weight is 410 g/mol. The van der Waals surface area contributed by atoms with Crippen LogP contribution in [0.1, 0.15) is 16.7 Å². The van der Waals surface area contributed by atoms with Gasteiger partial charge in [0, 0.05) is 25.2 Å². The van der Waals surface area contributed by atoms with Gasteiger partial charge < -0.3 is 14.6 Å². The molecule has 0 heterocycles. The topological polar surface area (TPSA) is 41.9 Å². The van der Waals surface area contributed by atoms with Gasteiger partial charge in [0.15, 0.2) is 0 Å². The van der Waals surface area contributed by atoms with Crippen molar-refractivity contribution in [2.75, 3.05) is 20.3 Å². The second kappa shape index (κ2) is 10.8. The van der Waals surface area contributed by atoms with Crippen molar-refractivity contribution in [2.24, 2.45) is 0 Å². The van der Waals surface area contributed by atoms with Crippen molar-refractivity contribution < 1.29 is 19.0 Å². The lowest BCUT2D eigenvalue weighted by molar-refractivity contribution is 0.0623. The lowest BCUT2D eigenvalue weighted by Crippen LogP contribution is -2.35. The molecule has 0 bridgehead atoms. The largest absolute Gasteiger partial charge is 0.496 e. The molecule has 0 aromatic heterocycles. The number of methoxy groups -OCH3 is 1. The highest BCUT2D eigenvalue weighted by molar-refractivity contribution is 5.33. The Hall–Kier alpha value is -2.89. The molecule has 3 rings (SSSR count). The molecule has 1 atom stereocenters. The average Bonchev–Trinajstić information content (AvgIpc) is 2.75. The SMILES string of the molecule is COc1ccccc1CN(Cc1ccc(F)cc1)C[C@@H](O)COc1ccccc1C. The van der Waals surface area contributed by atoms with Gasteiger partial charge in [-0.2, -0.15) is 0 Å². The van der Waals surface area contributed by atoms with E-state index in [1.807, 2.05) is 55.5 Å². The van der Waals surface area contributed by atoms with Gasteiger partial charge in [-0.15, -0.1) is 0 Å². The number of halogens is 1. The Balaban J connectivity index is 1.69. The lowest BCUT2D eigenvalue weighted by Gasteiger charge is -2.26. The fraction of sp³-hybridized carbons (Fsp3) is 0.280. The van der Waals surface area contributed by atoms with E-state index >= 15 is 0 Å². The highest BCUT2D eigenvalue weighted by Crippen LogP contribution is 2.21. The molecule has 1 N–H and O–H groups in total. The number of aliphatic hydroxyl groups is 1. The minimum absolute atomic E-state index is 0.191. The van der Waals surface area contributed by atoms with E-state index < -0.39 is 6.10 Å².